The van der Waals surface area contributed by atoms with Crippen LogP contribution in [0.5, 0.6) is 0 Å². The highest BCUT2D eigenvalue weighted by Gasteiger charge is 2.23. The van der Waals surface area contributed by atoms with E-state index in [2.05, 4.69) is 12.2 Å². The molecule has 1 unspecified atom stereocenters. The fourth-order valence-electron chi connectivity index (χ4n) is 2.68. The van der Waals surface area contributed by atoms with Crippen molar-refractivity contribution in [1.82, 2.24) is 15.3 Å². The number of thioether (sulfide) groups is 1. The number of rotatable bonds is 3. The van der Waals surface area contributed by atoms with Crippen LogP contribution < -0.4 is 5.32 Å². The van der Waals surface area contributed by atoms with E-state index >= 15 is 0 Å². The van der Waals surface area contributed by atoms with E-state index < -0.39 is 0 Å². The molecule has 1 aromatic heterocycles. The second-order valence-corrected chi connectivity index (χ2v) is 6.21. The van der Waals surface area contributed by atoms with Gasteiger partial charge in [0.15, 0.2) is 5.82 Å². The Bertz CT molecular complexity index is 447. The number of fused-ring (bicyclic) bond motifs is 1. The number of hydrogen-bond acceptors (Lipinski definition) is 5. The van der Waals surface area contributed by atoms with Crippen molar-refractivity contribution in [1.29, 1.82) is 0 Å². The third-order valence-electron chi connectivity index (χ3n) is 3.63. The van der Waals surface area contributed by atoms with E-state index in [4.69, 9.17) is 14.7 Å². The first kappa shape index (κ1) is 13.3. The van der Waals surface area contributed by atoms with Crippen molar-refractivity contribution in [2.45, 2.75) is 38.8 Å². The van der Waals surface area contributed by atoms with Gasteiger partial charge in [-0.1, -0.05) is 13.3 Å². The highest BCUT2D eigenvalue weighted by Crippen LogP contribution is 2.26. The van der Waals surface area contributed by atoms with Crippen molar-refractivity contribution in [2.24, 2.45) is 0 Å². The second kappa shape index (κ2) is 6.20. The third kappa shape index (κ3) is 2.93. The molecule has 2 aliphatic heterocycles. The summed E-state index contributed by atoms with van der Waals surface area (Å²) in [7, 11) is 0. The fraction of sp³-hybridized carbons (Fsp3) is 0.714. The van der Waals surface area contributed by atoms with E-state index in [1.54, 1.807) is 0 Å². The van der Waals surface area contributed by atoms with Gasteiger partial charge >= 0.3 is 0 Å². The molecule has 3 heterocycles. The largest absolute Gasteiger partial charge is 0.368 e. The van der Waals surface area contributed by atoms with E-state index in [0.717, 1.165) is 56.3 Å². The van der Waals surface area contributed by atoms with Crippen LogP contribution >= 0.6 is 11.8 Å². The number of aromatic nitrogens is 2. The Balaban J connectivity index is 1.93. The molecule has 0 spiro atoms. The molecule has 5 heteroatoms. The predicted molar refractivity (Wildman–Crippen MR) is 77.5 cm³/mol. The Morgan fingerprint density at radius 2 is 2.37 bits per heavy atom. The summed E-state index contributed by atoms with van der Waals surface area (Å²) in [5.41, 5.74) is 3.83. The van der Waals surface area contributed by atoms with Gasteiger partial charge < -0.3 is 10.1 Å². The molecule has 0 aromatic carbocycles. The fourth-order valence-corrected chi connectivity index (χ4v) is 3.52. The van der Waals surface area contributed by atoms with Crippen molar-refractivity contribution in [3.63, 3.8) is 0 Å². The molecular weight excluding hydrogens is 258 g/mol. The lowest BCUT2D eigenvalue weighted by atomic mass is 10.0. The lowest BCUT2D eigenvalue weighted by Crippen LogP contribution is -2.28. The van der Waals surface area contributed by atoms with Crippen LogP contribution in [-0.4, -0.2) is 34.6 Å². The number of hydrogen-bond donors (Lipinski definition) is 1. The Labute approximate surface area is 118 Å². The highest BCUT2D eigenvalue weighted by molar-refractivity contribution is 7.99. The molecule has 0 radical (unpaired) electrons. The lowest BCUT2D eigenvalue weighted by Gasteiger charge is -2.25. The molecule has 1 N–H and O–H groups in total. The SMILES string of the molecule is CCCc1nc(C2CSCCO2)nc2c1CCNC2. The summed E-state index contributed by atoms with van der Waals surface area (Å²) in [6.45, 7) is 4.95. The molecule has 1 fully saturated rings. The van der Waals surface area contributed by atoms with Crippen molar-refractivity contribution in [3.8, 4) is 0 Å². The van der Waals surface area contributed by atoms with Gasteiger partial charge in [0.2, 0.25) is 0 Å². The zero-order valence-electron chi connectivity index (χ0n) is 11.4. The predicted octanol–water partition coefficient (Wildman–Crippen LogP) is 1.88. The average Bonchev–Trinajstić information content (AvgIpc) is 2.48. The number of nitrogens with zero attached hydrogens (tertiary/aromatic N) is 2. The van der Waals surface area contributed by atoms with Crippen LogP contribution in [-0.2, 0) is 24.1 Å². The van der Waals surface area contributed by atoms with E-state index in [9.17, 15) is 0 Å². The van der Waals surface area contributed by atoms with Crippen LogP contribution in [0, 0.1) is 0 Å². The molecule has 19 heavy (non-hydrogen) atoms. The van der Waals surface area contributed by atoms with Gasteiger partial charge in [-0.3, -0.25) is 0 Å². The van der Waals surface area contributed by atoms with Crippen LogP contribution in [0.3, 0.4) is 0 Å². The van der Waals surface area contributed by atoms with Gasteiger partial charge in [0.1, 0.15) is 6.10 Å². The molecular formula is C14H21N3OS. The molecule has 0 aliphatic carbocycles. The van der Waals surface area contributed by atoms with Crippen molar-refractivity contribution in [2.75, 3.05) is 24.7 Å². The second-order valence-electron chi connectivity index (χ2n) is 5.06. The number of ether oxygens (including phenoxy) is 1. The third-order valence-corrected chi connectivity index (χ3v) is 4.62. The number of aryl methyl sites for hydroxylation is 1. The molecule has 1 atom stereocenters. The summed E-state index contributed by atoms with van der Waals surface area (Å²) >= 11 is 1.93. The standard InChI is InChI=1S/C14H21N3OS/c1-2-3-11-10-4-5-15-8-12(10)17-14(16-11)13-9-19-7-6-18-13/h13,15H,2-9H2,1H3. The summed E-state index contributed by atoms with van der Waals surface area (Å²) in [5, 5.41) is 3.40. The molecule has 1 saturated heterocycles. The lowest BCUT2D eigenvalue weighted by molar-refractivity contribution is 0.0690. The summed E-state index contributed by atoms with van der Waals surface area (Å²) in [6, 6.07) is 0. The molecule has 2 aliphatic rings. The van der Waals surface area contributed by atoms with E-state index in [0.29, 0.717) is 0 Å². The smallest absolute Gasteiger partial charge is 0.158 e. The molecule has 104 valence electrons. The van der Waals surface area contributed by atoms with Gasteiger partial charge in [-0.05, 0) is 24.9 Å². The average molecular weight is 279 g/mol. The molecule has 3 rings (SSSR count). The van der Waals surface area contributed by atoms with Crippen molar-refractivity contribution in [3.05, 3.63) is 22.8 Å². The van der Waals surface area contributed by atoms with E-state index in [-0.39, 0.29) is 6.10 Å². The van der Waals surface area contributed by atoms with Gasteiger partial charge in [-0.15, -0.1) is 0 Å². The maximum Gasteiger partial charge on any atom is 0.158 e. The topological polar surface area (TPSA) is 47.0 Å². The van der Waals surface area contributed by atoms with Gasteiger partial charge in [-0.2, -0.15) is 11.8 Å². The first-order chi connectivity index (χ1) is 9.38. The van der Waals surface area contributed by atoms with Crippen LogP contribution in [0.25, 0.3) is 0 Å². The minimum Gasteiger partial charge on any atom is -0.368 e. The Kier molecular flexibility index (Phi) is 4.35. The summed E-state index contributed by atoms with van der Waals surface area (Å²) in [5.74, 6) is 2.97. The maximum absolute atomic E-state index is 5.82. The van der Waals surface area contributed by atoms with Crippen molar-refractivity contribution >= 4 is 11.8 Å². The molecule has 1 aromatic rings. The molecule has 0 bridgehead atoms. The van der Waals surface area contributed by atoms with Gasteiger partial charge in [0.05, 0.1) is 12.3 Å². The Morgan fingerprint density at radius 3 is 3.16 bits per heavy atom. The number of nitrogens with one attached hydrogen (secondary N) is 1. The summed E-state index contributed by atoms with van der Waals surface area (Å²) in [6.07, 6.45) is 3.33. The molecule has 0 amide bonds. The zero-order chi connectivity index (χ0) is 13.1. The quantitative estimate of drug-likeness (QED) is 0.915. The van der Waals surface area contributed by atoms with Crippen LogP contribution in [0.4, 0.5) is 0 Å². The summed E-state index contributed by atoms with van der Waals surface area (Å²) < 4.78 is 5.82. The van der Waals surface area contributed by atoms with Gasteiger partial charge in [-0.25, -0.2) is 9.97 Å². The van der Waals surface area contributed by atoms with E-state index in [1.807, 2.05) is 11.8 Å². The van der Waals surface area contributed by atoms with Crippen molar-refractivity contribution < 1.29 is 4.74 Å². The molecule has 4 nitrogen and oxygen atoms in total. The minimum absolute atomic E-state index is 0.0848. The zero-order valence-corrected chi connectivity index (χ0v) is 12.3. The van der Waals surface area contributed by atoms with Gasteiger partial charge in [0.25, 0.3) is 0 Å². The van der Waals surface area contributed by atoms with Crippen LogP contribution in [0.2, 0.25) is 0 Å². The minimum atomic E-state index is 0.0848. The monoisotopic (exact) mass is 279 g/mol. The maximum atomic E-state index is 5.82. The van der Waals surface area contributed by atoms with Crippen LogP contribution in [0.15, 0.2) is 0 Å². The summed E-state index contributed by atoms with van der Waals surface area (Å²) in [4.78, 5) is 9.59. The first-order valence-electron chi connectivity index (χ1n) is 7.17. The van der Waals surface area contributed by atoms with Gasteiger partial charge in [0, 0.05) is 23.7 Å². The molecule has 0 saturated carbocycles. The Morgan fingerprint density at radius 1 is 1.42 bits per heavy atom. The highest BCUT2D eigenvalue weighted by atomic mass is 32.2. The normalized spacial score (nSPS) is 23.1. The van der Waals surface area contributed by atoms with Crippen LogP contribution in [0.1, 0.15) is 42.2 Å². The van der Waals surface area contributed by atoms with E-state index in [1.165, 1.54) is 17.0 Å². The first-order valence-corrected chi connectivity index (χ1v) is 8.32. The Hall–Kier alpha value is -0.650.